The Balaban J connectivity index is 1.41. The van der Waals surface area contributed by atoms with Crippen molar-refractivity contribution in [2.75, 3.05) is 6.54 Å². The van der Waals surface area contributed by atoms with Crippen LogP contribution in [0.3, 0.4) is 0 Å². The molecule has 114 valence electrons. The van der Waals surface area contributed by atoms with Crippen molar-refractivity contribution in [3.8, 4) is 0 Å². The van der Waals surface area contributed by atoms with E-state index in [4.69, 9.17) is 0 Å². The quantitative estimate of drug-likeness (QED) is 0.521. The van der Waals surface area contributed by atoms with E-state index in [0.29, 0.717) is 12.1 Å². The predicted molar refractivity (Wildman–Crippen MR) is 79.7 cm³/mol. The Morgan fingerprint density at radius 1 is 1.30 bits per heavy atom. The molecule has 1 saturated carbocycles. The topological polar surface area (TPSA) is 68.3 Å². The first kappa shape index (κ1) is 14.3. The number of hydrogen-bond acceptors (Lipinski definition) is 5. The third-order valence-corrected chi connectivity index (χ3v) is 4.87. The minimum Gasteiger partial charge on any atom is -0.388 e. The van der Waals surface area contributed by atoms with Gasteiger partial charge in [0.05, 0.1) is 0 Å². The molecule has 0 spiro atoms. The highest BCUT2D eigenvalue weighted by Crippen LogP contribution is 2.34. The van der Waals surface area contributed by atoms with E-state index in [1.54, 1.807) is 5.57 Å². The summed E-state index contributed by atoms with van der Waals surface area (Å²) in [4.78, 5) is 0. The molecule has 2 aliphatic heterocycles. The summed E-state index contributed by atoms with van der Waals surface area (Å²) in [7, 11) is 0. The van der Waals surface area contributed by atoms with Crippen molar-refractivity contribution in [2.24, 2.45) is 5.92 Å². The highest BCUT2D eigenvalue weighted by atomic mass is 16.3. The molecule has 0 aromatic carbocycles. The van der Waals surface area contributed by atoms with Gasteiger partial charge in [-0.1, -0.05) is 12.8 Å². The van der Waals surface area contributed by atoms with Gasteiger partial charge in [-0.3, -0.25) is 16.0 Å². The Hall–Kier alpha value is -0.620. The van der Waals surface area contributed by atoms with E-state index >= 15 is 0 Å². The van der Waals surface area contributed by atoms with Crippen molar-refractivity contribution >= 4 is 0 Å². The van der Waals surface area contributed by atoms with Crippen molar-refractivity contribution in [1.82, 2.24) is 21.3 Å². The largest absolute Gasteiger partial charge is 0.388 e. The highest BCUT2D eigenvalue weighted by molar-refractivity contribution is 5.17. The molecule has 5 heteroatoms. The number of aliphatic hydroxyl groups excluding tert-OH is 1. The lowest BCUT2D eigenvalue weighted by molar-refractivity contribution is 0.0542. The minimum atomic E-state index is -0.404. The monoisotopic (exact) mass is 280 g/mol. The maximum atomic E-state index is 9.70. The summed E-state index contributed by atoms with van der Waals surface area (Å²) in [5.41, 5.74) is 1.58. The van der Waals surface area contributed by atoms with Gasteiger partial charge in [-0.05, 0) is 38.0 Å². The zero-order valence-electron chi connectivity index (χ0n) is 12.4. The molecule has 1 aliphatic carbocycles. The minimum absolute atomic E-state index is 0.0193. The zero-order valence-corrected chi connectivity index (χ0v) is 12.4. The van der Waals surface area contributed by atoms with Crippen LogP contribution in [-0.4, -0.2) is 36.3 Å². The number of aliphatic hydroxyl groups is 1. The van der Waals surface area contributed by atoms with Crippen molar-refractivity contribution in [2.45, 2.75) is 70.0 Å². The van der Waals surface area contributed by atoms with Gasteiger partial charge < -0.3 is 10.4 Å². The summed E-state index contributed by atoms with van der Waals surface area (Å²) < 4.78 is 0. The molecule has 2 heterocycles. The first-order chi connectivity index (χ1) is 9.72. The first-order valence-corrected chi connectivity index (χ1v) is 8.11. The fourth-order valence-electron chi connectivity index (χ4n) is 3.83. The summed E-state index contributed by atoms with van der Waals surface area (Å²) in [6.07, 6.45) is 9.15. The Labute approximate surface area is 121 Å². The van der Waals surface area contributed by atoms with Gasteiger partial charge in [-0.2, -0.15) is 0 Å². The summed E-state index contributed by atoms with van der Waals surface area (Å²) >= 11 is 0. The van der Waals surface area contributed by atoms with E-state index in [2.05, 4.69) is 34.4 Å². The maximum Gasteiger partial charge on any atom is 0.114 e. The third kappa shape index (κ3) is 3.34. The van der Waals surface area contributed by atoms with Crippen LogP contribution >= 0.6 is 0 Å². The molecule has 5 N–H and O–H groups in total. The molecule has 0 bridgehead atoms. The van der Waals surface area contributed by atoms with Crippen molar-refractivity contribution in [3.05, 3.63) is 11.8 Å². The van der Waals surface area contributed by atoms with Gasteiger partial charge in [0.2, 0.25) is 0 Å². The Bertz CT molecular complexity index is 350. The van der Waals surface area contributed by atoms with E-state index in [-0.39, 0.29) is 6.29 Å². The van der Waals surface area contributed by atoms with Gasteiger partial charge in [-0.25, -0.2) is 0 Å². The molecule has 0 aromatic heterocycles. The average molecular weight is 280 g/mol. The standard InChI is InChI=1S/C15H28N4O/c1-10-8-14(20)19-15(18-10)16-7-6-11-9-17-13-5-3-2-4-12(11)13/h9-10,12-20H,2-8H2,1H3. The van der Waals surface area contributed by atoms with Crippen LogP contribution in [-0.2, 0) is 0 Å². The van der Waals surface area contributed by atoms with Gasteiger partial charge in [0, 0.05) is 31.0 Å². The van der Waals surface area contributed by atoms with Crippen LogP contribution < -0.4 is 21.3 Å². The van der Waals surface area contributed by atoms with Gasteiger partial charge in [0.1, 0.15) is 12.5 Å². The van der Waals surface area contributed by atoms with Crippen LogP contribution in [0, 0.1) is 5.92 Å². The third-order valence-electron chi connectivity index (χ3n) is 4.87. The van der Waals surface area contributed by atoms with Crippen LogP contribution in [0.4, 0.5) is 0 Å². The molecular formula is C15H28N4O. The van der Waals surface area contributed by atoms with Gasteiger partial charge in [0.25, 0.3) is 0 Å². The number of rotatable bonds is 4. The van der Waals surface area contributed by atoms with E-state index < -0.39 is 6.23 Å². The molecule has 5 atom stereocenters. The smallest absolute Gasteiger partial charge is 0.114 e. The summed E-state index contributed by atoms with van der Waals surface area (Å²) in [6, 6.07) is 1.05. The fraction of sp³-hybridized carbons (Fsp3) is 0.867. The van der Waals surface area contributed by atoms with Crippen LogP contribution in [0.25, 0.3) is 0 Å². The lowest BCUT2D eigenvalue weighted by Crippen LogP contribution is -2.63. The highest BCUT2D eigenvalue weighted by Gasteiger charge is 2.31. The van der Waals surface area contributed by atoms with Gasteiger partial charge >= 0.3 is 0 Å². The zero-order chi connectivity index (χ0) is 13.9. The number of fused-ring (bicyclic) bond motifs is 1. The maximum absolute atomic E-state index is 9.70. The number of hydrogen-bond donors (Lipinski definition) is 5. The van der Waals surface area contributed by atoms with E-state index in [1.165, 1.54) is 25.7 Å². The van der Waals surface area contributed by atoms with Crippen LogP contribution in [0.2, 0.25) is 0 Å². The first-order valence-electron chi connectivity index (χ1n) is 8.11. The Morgan fingerprint density at radius 2 is 2.15 bits per heavy atom. The molecule has 1 saturated heterocycles. The van der Waals surface area contributed by atoms with E-state index in [9.17, 15) is 5.11 Å². The van der Waals surface area contributed by atoms with Crippen LogP contribution in [0.15, 0.2) is 11.8 Å². The summed E-state index contributed by atoms with van der Waals surface area (Å²) in [5, 5.41) is 23.2. The lowest BCUT2D eigenvalue weighted by atomic mass is 9.81. The van der Waals surface area contributed by atoms with Crippen molar-refractivity contribution in [3.63, 3.8) is 0 Å². The molecule has 0 amide bonds. The van der Waals surface area contributed by atoms with Crippen LogP contribution in [0.1, 0.15) is 45.4 Å². The van der Waals surface area contributed by atoms with E-state index in [0.717, 1.165) is 25.3 Å². The molecule has 5 nitrogen and oxygen atoms in total. The summed E-state index contributed by atoms with van der Waals surface area (Å²) in [5.74, 6) is 0.766. The molecular weight excluding hydrogens is 252 g/mol. The molecule has 0 radical (unpaired) electrons. The molecule has 3 aliphatic rings. The Kier molecular flexibility index (Phi) is 4.61. The van der Waals surface area contributed by atoms with Gasteiger partial charge in [-0.15, -0.1) is 0 Å². The lowest BCUT2D eigenvalue weighted by Gasteiger charge is -2.34. The van der Waals surface area contributed by atoms with Crippen molar-refractivity contribution in [1.29, 1.82) is 0 Å². The predicted octanol–water partition coefficient (Wildman–Crippen LogP) is 0.585. The molecule has 3 rings (SSSR count). The second-order valence-corrected chi connectivity index (χ2v) is 6.51. The molecule has 20 heavy (non-hydrogen) atoms. The fourth-order valence-corrected chi connectivity index (χ4v) is 3.83. The number of nitrogens with one attached hydrogen (secondary N) is 4. The molecule has 5 unspecified atom stereocenters. The van der Waals surface area contributed by atoms with Crippen LogP contribution in [0.5, 0.6) is 0 Å². The van der Waals surface area contributed by atoms with Crippen molar-refractivity contribution < 1.29 is 5.11 Å². The second kappa shape index (κ2) is 6.43. The van der Waals surface area contributed by atoms with E-state index in [1.807, 2.05) is 0 Å². The average Bonchev–Trinajstić information content (AvgIpc) is 2.81. The summed E-state index contributed by atoms with van der Waals surface area (Å²) in [6.45, 7) is 3.05. The second-order valence-electron chi connectivity index (χ2n) is 6.51. The SMILES string of the molecule is CC1CC(O)NC(NCCC2=CNC3CCCCC23)N1. The Morgan fingerprint density at radius 3 is 3.00 bits per heavy atom. The van der Waals surface area contributed by atoms with Gasteiger partial charge in [0.15, 0.2) is 0 Å². The molecule has 2 fully saturated rings. The normalized spacial score (nSPS) is 40.9. The molecule has 0 aromatic rings.